The molecule has 1 aromatic heterocycles. The maximum absolute atomic E-state index is 6.79. The van der Waals surface area contributed by atoms with Crippen molar-refractivity contribution >= 4 is 0 Å². The first kappa shape index (κ1) is 20.5. The van der Waals surface area contributed by atoms with Crippen molar-refractivity contribution in [3.63, 3.8) is 0 Å². The highest BCUT2D eigenvalue weighted by atomic mass is 16.5. The largest absolute Gasteiger partial charge is 0.362 e. The highest BCUT2D eigenvalue weighted by Crippen LogP contribution is 2.34. The molecule has 1 atom stereocenters. The fraction of sp³-hybridized carbons (Fsp3) is 0.444. The van der Waals surface area contributed by atoms with Crippen LogP contribution in [0.3, 0.4) is 0 Å². The van der Waals surface area contributed by atoms with E-state index in [0.29, 0.717) is 6.10 Å². The van der Waals surface area contributed by atoms with Crippen LogP contribution >= 0.6 is 0 Å². The summed E-state index contributed by atoms with van der Waals surface area (Å²) in [5.74, 6) is 1.10. The van der Waals surface area contributed by atoms with Crippen molar-refractivity contribution in [1.29, 1.82) is 0 Å². The predicted molar refractivity (Wildman–Crippen MR) is 124 cm³/mol. The molecule has 0 saturated carbocycles. The minimum absolute atomic E-state index is 0.0602. The molecule has 3 aromatic rings. The van der Waals surface area contributed by atoms with Gasteiger partial charge in [-0.25, -0.2) is 4.98 Å². The number of fused-ring (bicyclic) bond motifs is 2. The summed E-state index contributed by atoms with van der Waals surface area (Å²) in [6.45, 7) is 3.20. The van der Waals surface area contributed by atoms with Crippen molar-refractivity contribution in [1.82, 2.24) is 14.5 Å². The quantitative estimate of drug-likeness (QED) is 0.578. The van der Waals surface area contributed by atoms with Crippen molar-refractivity contribution in [2.24, 2.45) is 0 Å². The van der Waals surface area contributed by atoms with E-state index in [2.05, 4.69) is 77.3 Å². The van der Waals surface area contributed by atoms with Crippen molar-refractivity contribution < 1.29 is 4.74 Å². The third-order valence-corrected chi connectivity index (χ3v) is 6.79. The van der Waals surface area contributed by atoms with Gasteiger partial charge in [0.25, 0.3) is 0 Å². The van der Waals surface area contributed by atoms with Gasteiger partial charge in [0.05, 0.1) is 11.8 Å². The molecule has 1 unspecified atom stereocenters. The zero-order valence-corrected chi connectivity index (χ0v) is 18.5. The average molecular weight is 416 g/mol. The van der Waals surface area contributed by atoms with Gasteiger partial charge in [-0.3, -0.25) is 0 Å². The topological polar surface area (TPSA) is 30.3 Å². The molecule has 0 amide bonds. The van der Waals surface area contributed by atoms with Gasteiger partial charge in [-0.15, -0.1) is 0 Å². The Bertz CT molecular complexity index is 989. The number of piperidine rings is 1. The molecule has 4 heteroatoms. The van der Waals surface area contributed by atoms with E-state index in [0.717, 1.165) is 64.0 Å². The van der Waals surface area contributed by atoms with E-state index in [4.69, 9.17) is 9.72 Å². The highest BCUT2D eigenvalue weighted by molar-refractivity contribution is 5.35. The van der Waals surface area contributed by atoms with Crippen LogP contribution in [0.5, 0.6) is 0 Å². The molecule has 2 aliphatic heterocycles. The summed E-state index contributed by atoms with van der Waals surface area (Å²) < 4.78 is 9.15. The Kier molecular flexibility index (Phi) is 6.19. The number of rotatable bonds is 6. The SMILES string of the molecule is CN1CCC(OC2c3ccccc3CCn3cc(CCCc4ccccc4)nc32)CC1. The lowest BCUT2D eigenvalue weighted by atomic mass is 10.00. The molecule has 2 aliphatic rings. The number of likely N-dealkylation sites (tertiary alicyclic amines) is 1. The number of nitrogens with zero attached hydrogens (tertiary/aromatic N) is 3. The Labute approximate surface area is 185 Å². The lowest BCUT2D eigenvalue weighted by molar-refractivity contribution is -0.0276. The lowest BCUT2D eigenvalue weighted by Crippen LogP contribution is -2.35. The van der Waals surface area contributed by atoms with Crippen LogP contribution in [0, 0.1) is 0 Å². The second-order valence-electron chi connectivity index (χ2n) is 9.09. The maximum atomic E-state index is 6.79. The van der Waals surface area contributed by atoms with Gasteiger partial charge in [0.1, 0.15) is 11.9 Å². The van der Waals surface area contributed by atoms with Gasteiger partial charge in [-0.1, -0.05) is 54.6 Å². The summed E-state index contributed by atoms with van der Waals surface area (Å²) in [4.78, 5) is 7.53. The number of aromatic nitrogens is 2. The average Bonchev–Trinajstić information content (AvgIpc) is 3.15. The summed E-state index contributed by atoms with van der Waals surface area (Å²) in [6.07, 6.45) is 8.98. The number of ether oxygens (including phenoxy) is 1. The van der Waals surface area contributed by atoms with Crippen LogP contribution in [0.25, 0.3) is 0 Å². The number of hydrogen-bond acceptors (Lipinski definition) is 3. The van der Waals surface area contributed by atoms with E-state index in [1.165, 1.54) is 22.4 Å². The van der Waals surface area contributed by atoms with E-state index >= 15 is 0 Å². The van der Waals surface area contributed by atoms with Crippen LogP contribution in [0.2, 0.25) is 0 Å². The summed E-state index contributed by atoms with van der Waals surface area (Å²) in [5.41, 5.74) is 5.31. The normalized spacial score (nSPS) is 19.6. The van der Waals surface area contributed by atoms with Crippen LogP contribution in [-0.2, 0) is 30.5 Å². The van der Waals surface area contributed by atoms with Crippen molar-refractivity contribution in [2.45, 2.75) is 57.3 Å². The van der Waals surface area contributed by atoms with E-state index in [1.54, 1.807) is 0 Å². The standard InChI is InChI=1S/C27H33N3O/c1-29-17-15-24(16-18-29)31-26-25-13-6-5-11-22(25)14-19-30-20-23(28-27(26)30)12-7-10-21-8-3-2-4-9-21/h2-6,8-9,11,13,20,24,26H,7,10,12,14-19H2,1H3. The van der Waals surface area contributed by atoms with E-state index < -0.39 is 0 Å². The van der Waals surface area contributed by atoms with Crippen LogP contribution in [-0.4, -0.2) is 40.7 Å². The summed E-state index contributed by atoms with van der Waals surface area (Å²) in [5, 5.41) is 0. The van der Waals surface area contributed by atoms with Gasteiger partial charge in [0.2, 0.25) is 0 Å². The third kappa shape index (κ3) is 4.76. The number of imidazole rings is 1. The molecule has 5 rings (SSSR count). The first-order valence-electron chi connectivity index (χ1n) is 11.8. The number of aryl methyl sites for hydroxylation is 4. The van der Waals surface area contributed by atoms with Gasteiger partial charge in [-0.05, 0) is 62.3 Å². The van der Waals surface area contributed by atoms with Gasteiger partial charge in [0, 0.05) is 25.8 Å². The molecule has 31 heavy (non-hydrogen) atoms. The van der Waals surface area contributed by atoms with Crippen molar-refractivity contribution in [2.75, 3.05) is 20.1 Å². The zero-order valence-electron chi connectivity index (χ0n) is 18.5. The molecule has 2 aromatic carbocycles. The van der Waals surface area contributed by atoms with E-state index in [-0.39, 0.29) is 6.10 Å². The maximum Gasteiger partial charge on any atom is 0.142 e. The Morgan fingerprint density at radius 3 is 2.55 bits per heavy atom. The minimum atomic E-state index is -0.0602. The first-order valence-corrected chi connectivity index (χ1v) is 11.8. The van der Waals surface area contributed by atoms with E-state index in [9.17, 15) is 0 Å². The number of hydrogen-bond donors (Lipinski definition) is 0. The molecule has 0 N–H and O–H groups in total. The Balaban J connectivity index is 1.35. The summed E-state index contributed by atoms with van der Waals surface area (Å²) in [6, 6.07) is 19.5. The van der Waals surface area contributed by atoms with Crippen LogP contribution < -0.4 is 0 Å². The first-order chi connectivity index (χ1) is 15.3. The van der Waals surface area contributed by atoms with Crippen LogP contribution in [0.15, 0.2) is 60.8 Å². The Morgan fingerprint density at radius 2 is 1.71 bits per heavy atom. The molecule has 1 saturated heterocycles. The molecular formula is C27H33N3O. The smallest absolute Gasteiger partial charge is 0.142 e. The Hall–Kier alpha value is -2.43. The fourth-order valence-corrected chi connectivity index (χ4v) is 4.96. The van der Waals surface area contributed by atoms with Crippen LogP contribution in [0.4, 0.5) is 0 Å². The molecule has 4 nitrogen and oxygen atoms in total. The van der Waals surface area contributed by atoms with Gasteiger partial charge >= 0.3 is 0 Å². The molecule has 3 heterocycles. The zero-order chi connectivity index (χ0) is 21.0. The van der Waals surface area contributed by atoms with Gasteiger partial charge in [0.15, 0.2) is 0 Å². The summed E-state index contributed by atoms with van der Waals surface area (Å²) in [7, 11) is 2.20. The van der Waals surface area contributed by atoms with Crippen LogP contribution in [0.1, 0.15) is 53.6 Å². The number of benzene rings is 2. The third-order valence-electron chi connectivity index (χ3n) is 6.79. The lowest BCUT2D eigenvalue weighted by Gasteiger charge is -2.32. The Morgan fingerprint density at radius 1 is 0.935 bits per heavy atom. The second kappa shape index (κ2) is 9.37. The second-order valence-corrected chi connectivity index (χ2v) is 9.09. The van der Waals surface area contributed by atoms with Crippen molar-refractivity contribution in [3.05, 3.63) is 89.0 Å². The van der Waals surface area contributed by atoms with Crippen molar-refractivity contribution in [3.8, 4) is 0 Å². The highest BCUT2D eigenvalue weighted by Gasteiger charge is 2.30. The summed E-state index contributed by atoms with van der Waals surface area (Å²) >= 11 is 0. The molecular weight excluding hydrogens is 382 g/mol. The molecule has 162 valence electrons. The fourth-order valence-electron chi connectivity index (χ4n) is 4.96. The monoisotopic (exact) mass is 415 g/mol. The molecule has 0 bridgehead atoms. The predicted octanol–water partition coefficient (Wildman–Crippen LogP) is 4.81. The van der Waals surface area contributed by atoms with Gasteiger partial charge in [-0.2, -0.15) is 0 Å². The minimum Gasteiger partial charge on any atom is -0.362 e. The van der Waals surface area contributed by atoms with E-state index in [1.807, 2.05) is 0 Å². The molecule has 0 radical (unpaired) electrons. The molecule has 0 spiro atoms. The molecule has 1 fully saturated rings. The molecule has 0 aliphatic carbocycles. The van der Waals surface area contributed by atoms with Gasteiger partial charge < -0.3 is 14.2 Å².